The molecule has 1 aliphatic carbocycles. The van der Waals surface area contributed by atoms with Crippen LogP contribution >= 0.6 is 34.2 Å². The second kappa shape index (κ2) is 11.3. The molecule has 3 fully saturated rings. The lowest BCUT2D eigenvalue weighted by atomic mass is 9.89. The van der Waals surface area contributed by atoms with E-state index in [1.54, 1.807) is 24.3 Å². The third kappa shape index (κ3) is 6.45. The standard InChI is InChI=1S/C25H29ClF2IN5O3/c26-16-4-1-5-17(10-16)33-24(6-7-24)23(37)34-19(13-29)11-25(27,28)12-20(34)22(36)32-18(14-30)9-15-3-2-8-31-21(15)35/h1,4-5,10,15,18-20,33H,2-3,6-9,11-13H2,(H,31,35)(H,32,36)/t15-,18-,19+,20-/m0/s1. The maximum atomic E-state index is 14.8. The number of piperidine rings is 2. The molecule has 1 saturated carbocycles. The summed E-state index contributed by atoms with van der Waals surface area (Å²) in [6.07, 6.45) is 1.05. The van der Waals surface area contributed by atoms with E-state index in [0.717, 1.165) is 6.42 Å². The van der Waals surface area contributed by atoms with Gasteiger partial charge in [-0.05, 0) is 50.3 Å². The Morgan fingerprint density at radius 2 is 2.08 bits per heavy atom. The Bertz CT molecular complexity index is 1100. The van der Waals surface area contributed by atoms with E-state index in [-0.39, 0.29) is 16.8 Å². The van der Waals surface area contributed by atoms with Gasteiger partial charge in [-0.1, -0.05) is 40.3 Å². The molecular formula is C25H29ClF2IN5O3. The quantitative estimate of drug-likeness (QED) is 0.295. The van der Waals surface area contributed by atoms with Gasteiger partial charge in [-0.15, -0.1) is 0 Å². The van der Waals surface area contributed by atoms with Crippen LogP contribution in [0.25, 0.3) is 0 Å². The number of likely N-dealkylation sites (tertiary alicyclic amines) is 1. The fourth-order valence-electron chi connectivity index (χ4n) is 5.18. The number of carbonyl (C=O) groups excluding carboxylic acids is 3. The van der Waals surface area contributed by atoms with Crippen LogP contribution in [0.1, 0.15) is 44.9 Å². The van der Waals surface area contributed by atoms with Gasteiger partial charge in [0.05, 0.1) is 6.07 Å². The summed E-state index contributed by atoms with van der Waals surface area (Å²) in [6, 6.07) is 5.55. The molecule has 0 unspecified atom stereocenters. The van der Waals surface area contributed by atoms with Crippen LogP contribution in [-0.2, 0) is 14.4 Å². The maximum Gasteiger partial charge on any atom is 0.252 e. The van der Waals surface area contributed by atoms with Gasteiger partial charge in [-0.3, -0.25) is 14.4 Å². The summed E-state index contributed by atoms with van der Waals surface area (Å²) in [4.78, 5) is 40.7. The smallest absolute Gasteiger partial charge is 0.252 e. The van der Waals surface area contributed by atoms with Gasteiger partial charge in [-0.2, -0.15) is 5.26 Å². The lowest BCUT2D eigenvalue weighted by molar-refractivity contribution is -0.159. The summed E-state index contributed by atoms with van der Waals surface area (Å²) in [5.74, 6) is -4.98. The topological polar surface area (TPSA) is 114 Å². The van der Waals surface area contributed by atoms with Crippen molar-refractivity contribution in [3.8, 4) is 6.07 Å². The molecule has 3 N–H and O–H groups in total. The van der Waals surface area contributed by atoms with E-state index in [2.05, 4.69) is 16.0 Å². The van der Waals surface area contributed by atoms with Gasteiger partial charge in [0.2, 0.25) is 17.7 Å². The van der Waals surface area contributed by atoms with Crippen LogP contribution in [-0.4, -0.2) is 63.2 Å². The molecule has 0 aromatic heterocycles. The van der Waals surface area contributed by atoms with Crippen molar-refractivity contribution in [1.29, 1.82) is 5.26 Å². The molecule has 200 valence electrons. The van der Waals surface area contributed by atoms with Crippen molar-refractivity contribution in [2.45, 2.75) is 74.5 Å². The zero-order chi connectivity index (χ0) is 26.8. The highest BCUT2D eigenvalue weighted by molar-refractivity contribution is 14.1. The predicted molar refractivity (Wildman–Crippen MR) is 142 cm³/mol. The predicted octanol–water partition coefficient (Wildman–Crippen LogP) is 3.64. The summed E-state index contributed by atoms with van der Waals surface area (Å²) in [6.45, 7) is 0.565. The number of nitrogens with zero attached hydrogens (tertiary/aromatic N) is 2. The summed E-state index contributed by atoms with van der Waals surface area (Å²) in [5, 5.41) is 18.6. The number of halogens is 4. The first-order valence-electron chi connectivity index (χ1n) is 12.4. The number of nitriles is 1. The van der Waals surface area contributed by atoms with Crippen molar-refractivity contribution in [3.05, 3.63) is 29.3 Å². The molecule has 3 amide bonds. The Morgan fingerprint density at radius 3 is 2.70 bits per heavy atom. The molecule has 0 bridgehead atoms. The summed E-state index contributed by atoms with van der Waals surface area (Å²) in [7, 11) is 0. The highest BCUT2D eigenvalue weighted by atomic mass is 127. The van der Waals surface area contributed by atoms with Crippen LogP contribution < -0.4 is 16.0 Å². The zero-order valence-electron chi connectivity index (χ0n) is 20.1. The number of alkyl halides is 3. The second-order valence-electron chi connectivity index (χ2n) is 10.1. The van der Waals surface area contributed by atoms with Gasteiger partial charge in [0.1, 0.15) is 17.6 Å². The summed E-state index contributed by atoms with van der Waals surface area (Å²) in [5.41, 5.74) is -0.377. The number of nitrogens with one attached hydrogen (secondary N) is 3. The van der Waals surface area contributed by atoms with Crippen LogP contribution in [0.2, 0.25) is 5.02 Å². The second-order valence-corrected chi connectivity index (χ2v) is 11.4. The molecule has 12 heteroatoms. The lowest BCUT2D eigenvalue weighted by Crippen LogP contribution is -2.64. The van der Waals surface area contributed by atoms with Gasteiger partial charge in [-0.25, -0.2) is 8.78 Å². The Kier molecular flexibility index (Phi) is 8.48. The van der Waals surface area contributed by atoms with Crippen LogP contribution in [0.5, 0.6) is 0 Å². The molecule has 2 aliphatic heterocycles. The number of benzene rings is 1. The Labute approximate surface area is 233 Å². The third-order valence-corrected chi connectivity index (χ3v) is 8.48. The van der Waals surface area contributed by atoms with Gasteiger partial charge < -0.3 is 20.9 Å². The molecule has 3 aliphatic rings. The van der Waals surface area contributed by atoms with E-state index in [1.807, 2.05) is 28.7 Å². The monoisotopic (exact) mass is 647 g/mol. The van der Waals surface area contributed by atoms with Crippen molar-refractivity contribution in [2.24, 2.45) is 5.92 Å². The van der Waals surface area contributed by atoms with Crippen molar-refractivity contribution in [3.63, 3.8) is 0 Å². The Morgan fingerprint density at radius 1 is 1.32 bits per heavy atom. The Balaban J connectivity index is 1.55. The molecule has 0 spiro atoms. The van der Waals surface area contributed by atoms with Crippen LogP contribution in [0, 0.1) is 17.2 Å². The molecule has 2 saturated heterocycles. The van der Waals surface area contributed by atoms with E-state index in [0.29, 0.717) is 36.5 Å². The molecule has 1 aromatic rings. The van der Waals surface area contributed by atoms with E-state index in [4.69, 9.17) is 11.6 Å². The highest BCUT2D eigenvalue weighted by Crippen LogP contribution is 2.45. The molecule has 4 atom stereocenters. The third-order valence-electron chi connectivity index (χ3n) is 7.23. The van der Waals surface area contributed by atoms with Gasteiger partial charge in [0.25, 0.3) is 5.92 Å². The average molecular weight is 648 g/mol. The van der Waals surface area contributed by atoms with Crippen molar-refractivity contribution in [2.75, 3.05) is 16.3 Å². The fraction of sp³-hybridized carbons (Fsp3) is 0.600. The van der Waals surface area contributed by atoms with Crippen LogP contribution in [0.15, 0.2) is 24.3 Å². The number of rotatable bonds is 8. The molecule has 1 aromatic carbocycles. The summed E-state index contributed by atoms with van der Waals surface area (Å²) >= 11 is 8.04. The first-order chi connectivity index (χ1) is 17.6. The molecule has 0 radical (unpaired) electrons. The van der Waals surface area contributed by atoms with Crippen LogP contribution in [0.3, 0.4) is 0 Å². The van der Waals surface area contributed by atoms with E-state index in [9.17, 15) is 28.4 Å². The molecule has 8 nitrogen and oxygen atoms in total. The SMILES string of the molecule is N#C[C@H](C[C@@H]1CCCNC1=O)NC(=O)[C@@H]1CC(F)(F)C[C@H](CI)N1C(=O)C1(Nc2cccc(Cl)c2)CC1. The minimum Gasteiger partial charge on any atom is -0.371 e. The number of carbonyl (C=O) groups is 3. The van der Waals surface area contributed by atoms with Gasteiger partial charge in [0, 0.05) is 46.5 Å². The Hall–Kier alpha value is -2.20. The van der Waals surface area contributed by atoms with Crippen molar-refractivity contribution < 1.29 is 23.2 Å². The van der Waals surface area contributed by atoms with Crippen LogP contribution in [0.4, 0.5) is 14.5 Å². The molecule has 4 rings (SSSR count). The van der Waals surface area contributed by atoms with Gasteiger partial charge in [0.15, 0.2) is 0 Å². The van der Waals surface area contributed by atoms with Crippen molar-refractivity contribution in [1.82, 2.24) is 15.5 Å². The first-order valence-corrected chi connectivity index (χ1v) is 14.3. The molecule has 37 heavy (non-hydrogen) atoms. The van der Waals surface area contributed by atoms with Gasteiger partial charge >= 0.3 is 0 Å². The van der Waals surface area contributed by atoms with Crippen molar-refractivity contribution >= 4 is 57.6 Å². The first kappa shape index (κ1) is 27.8. The average Bonchev–Trinajstić information content (AvgIpc) is 3.63. The van der Waals surface area contributed by atoms with E-state index in [1.165, 1.54) is 4.90 Å². The number of anilines is 1. The maximum absolute atomic E-state index is 14.8. The fourth-order valence-corrected chi connectivity index (χ4v) is 6.11. The molecular weight excluding hydrogens is 619 g/mol. The normalized spacial score (nSPS) is 26.8. The number of hydrogen-bond acceptors (Lipinski definition) is 5. The molecule has 2 heterocycles. The largest absolute Gasteiger partial charge is 0.371 e. The zero-order valence-corrected chi connectivity index (χ0v) is 23.0. The number of amides is 3. The minimum atomic E-state index is -3.14. The van der Waals surface area contributed by atoms with E-state index >= 15 is 0 Å². The van der Waals surface area contributed by atoms with E-state index < -0.39 is 60.2 Å². The number of hydrogen-bond donors (Lipinski definition) is 3. The highest BCUT2D eigenvalue weighted by Gasteiger charge is 2.58. The lowest BCUT2D eigenvalue weighted by Gasteiger charge is -2.45. The summed E-state index contributed by atoms with van der Waals surface area (Å²) < 4.78 is 29.8. The minimum absolute atomic E-state index is 0.0844.